The number of H-pyrrole nitrogens is 2. The Hall–Kier alpha value is -5.19. The van der Waals surface area contributed by atoms with E-state index >= 15 is 0 Å². The molecule has 0 spiro atoms. The molecule has 0 fully saturated rings. The fourth-order valence-corrected chi connectivity index (χ4v) is 5.05. The fourth-order valence-electron chi connectivity index (χ4n) is 5.05. The number of primary amides is 1. The summed E-state index contributed by atoms with van der Waals surface area (Å²) in [6, 6.07) is 13.1. The molecule has 11 heteroatoms. The zero-order valence-corrected chi connectivity index (χ0v) is 20.9. The molecule has 4 amide bonds. The molecule has 0 aliphatic carbocycles. The first-order valence-corrected chi connectivity index (χ1v) is 12.6. The molecular formula is C28H26N8O3. The number of aromatic amines is 2. The van der Waals surface area contributed by atoms with E-state index < -0.39 is 17.9 Å². The molecule has 6 N–H and O–H groups in total. The van der Waals surface area contributed by atoms with Gasteiger partial charge in [0.25, 0.3) is 5.91 Å². The smallest absolute Gasteiger partial charge is 0.322 e. The predicted molar refractivity (Wildman–Crippen MR) is 146 cm³/mol. The van der Waals surface area contributed by atoms with Crippen LogP contribution in [0.5, 0.6) is 0 Å². The van der Waals surface area contributed by atoms with Crippen molar-refractivity contribution in [2.24, 2.45) is 5.73 Å². The van der Waals surface area contributed by atoms with Gasteiger partial charge in [-0.1, -0.05) is 24.3 Å². The fraction of sp³-hybridized carbons (Fsp3) is 0.179. The molecular weight excluding hydrogens is 496 g/mol. The second-order valence-corrected chi connectivity index (χ2v) is 9.57. The average Bonchev–Trinajstić information content (AvgIpc) is 3.60. The highest BCUT2D eigenvalue weighted by Gasteiger charge is 2.24. The van der Waals surface area contributed by atoms with Gasteiger partial charge in [-0.25, -0.2) is 9.78 Å². The Bertz CT molecular complexity index is 1720. The molecule has 0 radical (unpaired) electrons. The summed E-state index contributed by atoms with van der Waals surface area (Å²) in [6.45, 7) is 0.959. The first-order chi connectivity index (χ1) is 19.0. The van der Waals surface area contributed by atoms with Gasteiger partial charge in [-0.2, -0.15) is 5.10 Å². The van der Waals surface area contributed by atoms with Crippen LogP contribution in [0.1, 0.15) is 27.0 Å². The Morgan fingerprint density at radius 2 is 1.95 bits per heavy atom. The molecule has 39 heavy (non-hydrogen) atoms. The first kappa shape index (κ1) is 24.2. The minimum absolute atomic E-state index is 0.248. The average molecular weight is 523 g/mol. The third-order valence-corrected chi connectivity index (χ3v) is 7.09. The highest BCUT2D eigenvalue weighted by Crippen LogP contribution is 2.25. The molecule has 2 aromatic carbocycles. The van der Waals surface area contributed by atoms with E-state index in [-0.39, 0.29) is 12.5 Å². The summed E-state index contributed by atoms with van der Waals surface area (Å²) >= 11 is 0. The number of aromatic nitrogens is 4. The van der Waals surface area contributed by atoms with Crippen LogP contribution in [0.4, 0.5) is 10.5 Å². The van der Waals surface area contributed by atoms with Crippen molar-refractivity contribution < 1.29 is 14.4 Å². The van der Waals surface area contributed by atoms with Crippen molar-refractivity contribution in [3.05, 3.63) is 89.4 Å². The number of nitrogens with two attached hydrogens (primary N) is 1. The largest absolute Gasteiger partial charge is 0.368 e. The maximum atomic E-state index is 13.0. The number of urea groups is 1. The minimum Gasteiger partial charge on any atom is -0.368 e. The third-order valence-electron chi connectivity index (χ3n) is 7.09. The second-order valence-electron chi connectivity index (χ2n) is 9.57. The van der Waals surface area contributed by atoms with E-state index in [2.05, 4.69) is 30.8 Å². The van der Waals surface area contributed by atoms with E-state index in [1.165, 1.54) is 0 Å². The highest BCUT2D eigenvalue weighted by atomic mass is 16.2. The molecule has 3 aromatic heterocycles. The van der Waals surface area contributed by atoms with Crippen LogP contribution in [0.25, 0.3) is 21.9 Å². The number of nitrogens with zero attached hydrogens (tertiary/aromatic N) is 3. The Kier molecular flexibility index (Phi) is 6.16. The number of rotatable bonds is 6. The number of benzene rings is 2. The van der Waals surface area contributed by atoms with Crippen molar-refractivity contribution in [2.45, 2.75) is 25.4 Å². The van der Waals surface area contributed by atoms with Crippen molar-refractivity contribution >= 4 is 45.5 Å². The van der Waals surface area contributed by atoms with E-state index in [0.717, 1.165) is 38.6 Å². The van der Waals surface area contributed by atoms with Crippen LogP contribution in [-0.2, 0) is 24.2 Å². The van der Waals surface area contributed by atoms with Gasteiger partial charge in [0.2, 0.25) is 5.91 Å². The van der Waals surface area contributed by atoms with Crippen molar-refractivity contribution in [2.75, 3.05) is 11.9 Å². The molecule has 0 saturated carbocycles. The van der Waals surface area contributed by atoms with Gasteiger partial charge in [0.05, 0.1) is 6.20 Å². The van der Waals surface area contributed by atoms with Crippen LogP contribution in [0, 0.1) is 0 Å². The number of hydrogen-bond acceptors (Lipinski definition) is 5. The molecule has 0 unspecified atom stereocenters. The lowest BCUT2D eigenvalue weighted by Crippen LogP contribution is -2.45. The third kappa shape index (κ3) is 4.77. The Labute approximate surface area is 222 Å². The monoisotopic (exact) mass is 522 g/mol. The van der Waals surface area contributed by atoms with Crippen molar-refractivity contribution in [1.29, 1.82) is 0 Å². The van der Waals surface area contributed by atoms with E-state index in [1.807, 2.05) is 30.5 Å². The van der Waals surface area contributed by atoms with Crippen LogP contribution >= 0.6 is 0 Å². The van der Waals surface area contributed by atoms with Gasteiger partial charge in [0.1, 0.15) is 6.04 Å². The van der Waals surface area contributed by atoms with Crippen LogP contribution in [0.15, 0.2) is 67.1 Å². The quantitative estimate of drug-likeness (QED) is 0.231. The maximum absolute atomic E-state index is 13.0. The van der Waals surface area contributed by atoms with E-state index in [1.54, 1.807) is 41.6 Å². The van der Waals surface area contributed by atoms with Gasteiger partial charge in [-0.05, 0) is 47.4 Å². The maximum Gasteiger partial charge on any atom is 0.322 e. The van der Waals surface area contributed by atoms with Gasteiger partial charge in [-0.15, -0.1) is 0 Å². The van der Waals surface area contributed by atoms with Gasteiger partial charge in [-0.3, -0.25) is 14.7 Å². The van der Waals surface area contributed by atoms with Gasteiger partial charge in [0, 0.05) is 59.4 Å². The molecule has 1 aliphatic rings. The Morgan fingerprint density at radius 1 is 1.08 bits per heavy atom. The number of carbonyl (C=O) groups is 3. The predicted octanol–water partition coefficient (Wildman–Crippen LogP) is 2.86. The molecule has 11 nitrogen and oxygen atoms in total. The van der Waals surface area contributed by atoms with Crippen molar-refractivity contribution in [3.8, 4) is 0 Å². The summed E-state index contributed by atoms with van der Waals surface area (Å²) in [4.78, 5) is 47.5. The lowest BCUT2D eigenvalue weighted by Gasteiger charge is -2.29. The van der Waals surface area contributed by atoms with Crippen LogP contribution in [-0.4, -0.2) is 55.5 Å². The molecule has 5 aromatic rings. The SMILES string of the molecule is NC(=O)[C@H](Cc1c[nH]c2ccccc12)NC(=O)c1cccc(NC(=O)N2CCc3c(cnc4[nH]ncc34)C2)c1. The number of para-hydroxylation sites is 1. The second kappa shape index (κ2) is 9.93. The molecule has 0 bridgehead atoms. The molecule has 1 aliphatic heterocycles. The summed E-state index contributed by atoms with van der Waals surface area (Å²) in [6.07, 6.45) is 6.28. The normalized spacial score (nSPS) is 13.7. The lowest BCUT2D eigenvalue weighted by molar-refractivity contribution is -0.119. The number of pyridine rings is 1. The summed E-state index contributed by atoms with van der Waals surface area (Å²) in [7, 11) is 0. The number of fused-ring (bicyclic) bond motifs is 4. The summed E-state index contributed by atoms with van der Waals surface area (Å²) in [5, 5.41) is 14.5. The van der Waals surface area contributed by atoms with E-state index in [9.17, 15) is 14.4 Å². The standard InChI is InChI=1S/C28H26N8O3/c29-25(37)24(11-17-12-30-23-7-2-1-6-21(17)23)34-27(38)16-4-3-5-19(10-16)33-28(39)36-9-8-20-18(15-36)13-31-26-22(20)14-32-35-26/h1-7,10,12-14,24,30H,8-9,11,15H2,(H2,29,37)(H,33,39)(H,34,38)(H,31,32,35)/t24-/m0/s1. The Morgan fingerprint density at radius 3 is 2.82 bits per heavy atom. The van der Waals surface area contributed by atoms with Crippen molar-refractivity contribution in [1.82, 2.24) is 30.4 Å². The van der Waals surface area contributed by atoms with Gasteiger partial charge < -0.3 is 26.3 Å². The lowest BCUT2D eigenvalue weighted by atomic mass is 9.99. The summed E-state index contributed by atoms with van der Waals surface area (Å²) in [5.74, 6) is -1.09. The summed E-state index contributed by atoms with van der Waals surface area (Å²) < 4.78 is 0. The highest BCUT2D eigenvalue weighted by molar-refractivity contribution is 5.99. The van der Waals surface area contributed by atoms with Crippen molar-refractivity contribution in [3.63, 3.8) is 0 Å². The number of carbonyl (C=O) groups excluding carboxylic acids is 3. The first-order valence-electron chi connectivity index (χ1n) is 12.6. The Balaban J connectivity index is 1.12. The molecule has 0 saturated heterocycles. The van der Waals surface area contributed by atoms with Crippen LogP contribution in [0.2, 0.25) is 0 Å². The van der Waals surface area contributed by atoms with Gasteiger partial charge >= 0.3 is 6.03 Å². The van der Waals surface area contributed by atoms with Crippen LogP contribution < -0.4 is 16.4 Å². The van der Waals surface area contributed by atoms with Gasteiger partial charge in [0.15, 0.2) is 5.65 Å². The number of nitrogens with one attached hydrogen (secondary N) is 4. The molecule has 1 atom stereocenters. The van der Waals surface area contributed by atoms with E-state index in [0.29, 0.717) is 30.8 Å². The molecule has 196 valence electrons. The number of hydrogen-bond donors (Lipinski definition) is 5. The minimum atomic E-state index is -0.904. The molecule has 6 rings (SSSR count). The topological polar surface area (TPSA) is 162 Å². The summed E-state index contributed by atoms with van der Waals surface area (Å²) in [5.41, 5.74) is 11.1. The van der Waals surface area contributed by atoms with Crippen LogP contribution in [0.3, 0.4) is 0 Å². The zero-order chi connectivity index (χ0) is 26.9. The zero-order valence-electron chi connectivity index (χ0n) is 20.9. The number of amides is 4. The number of anilines is 1. The molecule has 4 heterocycles. The van der Waals surface area contributed by atoms with E-state index in [4.69, 9.17) is 5.73 Å².